The number of hydrogen-bond donors (Lipinski definition) is 2. The summed E-state index contributed by atoms with van der Waals surface area (Å²) in [4.78, 5) is 19.2. The van der Waals surface area contributed by atoms with Gasteiger partial charge in [-0.3, -0.25) is 0 Å². The number of hydrogen-bond acceptors (Lipinski definition) is 4. The lowest BCUT2D eigenvalue weighted by Gasteiger charge is -2.07. The molecule has 2 amide bonds. The van der Waals surface area contributed by atoms with Crippen LogP contribution in [0.3, 0.4) is 0 Å². The van der Waals surface area contributed by atoms with Crippen LogP contribution in [0.25, 0.3) is 0 Å². The van der Waals surface area contributed by atoms with Crippen LogP contribution in [0.5, 0.6) is 6.01 Å². The normalized spacial score (nSPS) is 9.95. The van der Waals surface area contributed by atoms with Crippen LogP contribution in [-0.2, 0) is 0 Å². The molecule has 0 bridgehead atoms. The highest BCUT2D eigenvalue weighted by Gasteiger charge is 2.07. The Kier molecular flexibility index (Phi) is 4.04. The number of carbonyl (C=O) groups is 1. The maximum atomic E-state index is 13.0. The summed E-state index contributed by atoms with van der Waals surface area (Å²) in [5.41, 5.74) is 0.446. The van der Waals surface area contributed by atoms with E-state index in [-0.39, 0.29) is 11.7 Å². The van der Waals surface area contributed by atoms with E-state index >= 15 is 0 Å². The predicted octanol–water partition coefficient (Wildman–Crippen LogP) is 2.41. The Hall–Kier alpha value is -2.77. The molecule has 1 aromatic heterocycles. The molecule has 0 radical (unpaired) electrons. The number of amides is 2. The fraction of sp³-hybridized carbons (Fsp3) is 0.0833. The summed E-state index contributed by atoms with van der Waals surface area (Å²) in [6, 6.07) is 2.56. The molecular weight excluding hydrogens is 270 g/mol. The number of benzene rings is 1. The Morgan fingerprint density at radius 1 is 1.10 bits per heavy atom. The molecule has 1 heterocycles. The average Bonchev–Trinajstić information content (AvgIpc) is 2.44. The van der Waals surface area contributed by atoms with Gasteiger partial charge in [0.25, 0.3) is 0 Å². The Morgan fingerprint density at radius 3 is 2.35 bits per heavy atom. The first kappa shape index (κ1) is 13.7. The smallest absolute Gasteiger partial charge is 0.323 e. The fourth-order valence-electron chi connectivity index (χ4n) is 1.35. The van der Waals surface area contributed by atoms with Gasteiger partial charge in [-0.1, -0.05) is 0 Å². The number of ether oxygens (including phenoxy) is 1. The first-order chi connectivity index (χ1) is 9.58. The molecule has 0 fully saturated rings. The summed E-state index contributed by atoms with van der Waals surface area (Å²) in [6.07, 6.45) is 2.69. The monoisotopic (exact) mass is 280 g/mol. The van der Waals surface area contributed by atoms with Crippen molar-refractivity contribution in [3.8, 4) is 6.01 Å². The molecule has 0 atom stereocenters. The van der Waals surface area contributed by atoms with Gasteiger partial charge < -0.3 is 15.4 Å². The van der Waals surface area contributed by atoms with Gasteiger partial charge in [-0.2, -0.15) is 0 Å². The summed E-state index contributed by atoms with van der Waals surface area (Å²) in [6.45, 7) is 0. The highest BCUT2D eigenvalue weighted by atomic mass is 19.2. The molecule has 0 saturated heterocycles. The van der Waals surface area contributed by atoms with Crippen LogP contribution in [0.2, 0.25) is 0 Å². The third-order valence-electron chi connectivity index (χ3n) is 2.25. The van der Waals surface area contributed by atoms with Gasteiger partial charge in [0.2, 0.25) is 0 Å². The first-order valence-electron chi connectivity index (χ1n) is 5.47. The number of aromatic nitrogens is 2. The van der Waals surface area contributed by atoms with Crippen LogP contribution in [0, 0.1) is 11.6 Å². The van der Waals surface area contributed by atoms with Crippen molar-refractivity contribution in [3.05, 3.63) is 42.2 Å². The molecule has 6 nitrogen and oxygen atoms in total. The zero-order valence-electron chi connectivity index (χ0n) is 10.4. The Morgan fingerprint density at radius 2 is 1.75 bits per heavy atom. The van der Waals surface area contributed by atoms with Gasteiger partial charge >= 0.3 is 12.0 Å². The van der Waals surface area contributed by atoms with Crippen molar-refractivity contribution in [1.82, 2.24) is 9.97 Å². The quantitative estimate of drug-likeness (QED) is 0.905. The summed E-state index contributed by atoms with van der Waals surface area (Å²) in [5.74, 6) is -2.03. The SMILES string of the molecule is COc1ncc(NC(=O)Nc2ccc(F)c(F)c2)cn1. The summed E-state index contributed by atoms with van der Waals surface area (Å²) in [5, 5.41) is 4.77. The molecular formula is C12H10F2N4O2. The van der Waals surface area contributed by atoms with Crippen LogP contribution in [0.4, 0.5) is 25.0 Å². The Bertz CT molecular complexity index is 619. The number of methoxy groups -OCH3 is 1. The molecule has 0 saturated carbocycles. The van der Waals surface area contributed by atoms with E-state index in [9.17, 15) is 13.6 Å². The lowest BCUT2D eigenvalue weighted by molar-refractivity contribution is 0.262. The first-order valence-corrected chi connectivity index (χ1v) is 5.47. The van der Waals surface area contributed by atoms with Crippen LogP contribution in [0.1, 0.15) is 0 Å². The average molecular weight is 280 g/mol. The van der Waals surface area contributed by atoms with E-state index in [2.05, 4.69) is 20.6 Å². The lowest BCUT2D eigenvalue weighted by Crippen LogP contribution is -2.19. The second kappa shape index (κ2) is 5.91. The Labute approximate surface area is 112 Å². The summed E-state index contributed by atoms with van der Waals surface area (Å²) in [7, 11) is 1.41. The second-order valence-electron chi connectivity index (χ2n) is 3.67. The van der Waals surface area contributed by atoms with Crippen molar-refractivity contribution in [2.24, 2.45) is 0 Å². The highest BCUT2D eigenvalue weighted by Crippen LogP contribution is 2.14. The molecule has 0 aliphatic carbocycles. The second-order valence-corrected chi connectivity index (χ2v) is 3.67. The summed E-state index contributed by atoms with van der Waals surface area (Å²) >= 11 is 0. The predicted molar refractivity (Wildman–Crippen MR) is 67.6 cm³/mol. The molecule has 2 rings (SSSR count). The lowest BCUT2D eigenvalue weighted by atomic mass is 10.3. The number of anilines is 2. The van der Waals surface area contributed by atoms with Crippen molar-refractivity contribution >= 4 is 17.4 Å². The van der Waals surface area contributed by atoms with Crippen LogP contribution < -0.4 is 15.4 Å². The number of halogens is 2. The minimum atomic E-state index is -1.05. The maximum Gasteiger partial charge on any atom is 0.323 e. The number of nitrogens with one attached hydrogen (secondary N) is 2. The number of urea groups is 1. The summed E-state index contributed by atoms with van der Waals surface area (Å²) < 4.78 is 30.4. The van der Waals surface area contributed by atoms with Crippen molar-refractivity contribution in [2.75, 3.05) is 17.7 Å². The number of rotatable bonds is 3. The highest BCUT2D eigenvalue weighted by molar-refractivity contribution is 5.99. The van der Waals surface area contributed by atoms with Crippen molar-refractivity contribution in [1.29, 1.82) is 0 Å². The molecule has 1 aromatic carbocycles. The van der Waals surface area contributed by atoms with Gasteiger partial charge in [0.1, 0.15) is 0 Å². The fourth-order valence-corrected chi connectivity index (χ4v) is 1.35. The van der Waals surface area contributed by atoms with Gasteiger partial charge in [-0.05, 0) is 12.1 Å². The molecule has 2 N–H and O–H groups in total. The molecule has 20 heavy (non-hydrogen) atoms. The zero-order chi connectivity index (χ0) is 14.5. The number of carbonyl (C=O) groups excluding carboxylic acids is 1. The van der Waals surface area contributed by atoms with E-state index in [0.29, 0.717) is 5.69 Å². The number of nitrogens with zero attached hydrogens (tertiary/aromatic N) is 2. The maximum absolute atomic E-state index is 13.0. The van der Waals surface area contributed by atoms with E-state index in [4.69, 9.17) is 4.74 Å². The molecule has 0 unspecified atom stereocenters. The van der Waals surface area contributed by atoms with Crippen molar-refractivity contribution in [2.45, 2.75) is 0 Å². The molecule has 104 valence electrons. The molecule has 8 heteroatoms. The van der Waals surface area contributed by atoms with E-state index in [1.54, 1.807) is 0 Å². The minimum Gasteiger partial charge on any atom is -0.467 e. The van der Waals surface area contributed by atoms with Gasteiger partial charge in [0, 0.05) is 11.8 Å². The zero-order valence-corrected chi connectivity index (χ0v) is 10.4. The van der Waals surface area contributed by atoms with Crippen molar-refractivity contribution < 1.29 is 18.3 Å². The van der Waals surface area contributed by atoms with Crippen LogP contribution in [0.15, 0.2) is 30.6 Å². The molecule has 0 aliphatic rings. The van der Waals surface area contributed by atoms with Gasteiger partial charge in [-0.15, -0.1) is 0 Å². The molecule has 2 aromatic rings. The largest absolute Gasteiger partial charge is 0.467 e. The van der Waals surface area contributed by atoms with Crippen molar-refractivity contribution in [3.63, 3.8) is 0 Å². The molecule has 0 aliphatic heterocycles. The van der Waals surface area contributed by atoms with E-state index in [1.807, 2.05) is 0 Å². The standard InChI is InChI=1S/C12H10F2N4O2/c1-20-12-15-5-8(6-16-12)18-11(19)17-7-2-3-9(13)10(14)4-7/h2-6H,1H3,(H2,17,18,19). The van der Waals surface area contributed by atoms with Crippen LogP contribution in [-0.4, -0.2) is 23.1 Å². The minimum absolute atomic E-state index is 0.121. The topological polar surface area (TPSA) is 76.1 Å². The van der Waals surface area contributed by atoms with E-state index < -0.39 is 17.7 Å². The van der Waals surface area contributed by atoms with Gasteiger partial charge in [0.05, 0.1) is 25.2 Å². The third-order valence-corrected chi connectivity index (χ3v) is 2.25. The third kappa shape index (κ3) is 3.37. The Balaban J connectivity index is 1.99. The van der Waals surface area contributed by atoms with E-state index in [1.165, 1.54) is 25.6 Å². The van der Waals surface area contributed by atoms with Gasteiger partial charge in [-0.25, -0.2) is 23.5 Å². The van der Waals surface area contributed by atoms with E-state index in [0.717, 1.165) is 12.1 Å². The van der Waals surface area contributed by atoms with Crippen LogP contribution >= 0.6 is 0 Å². The molecule has 0 spiro atoms. The van der Waals surface area contributed by atoms with Gasteiger partial charge in [0.15, 0.2) is 11.6 Å².